The number of amides is 1. The standard InChI is InChI=1S/C20H12ClF3N2O2/c21-14-9-11(20(22,23)24)10-25-18(14)26-19(27)17-12-5-1-3-7-15(12)28-16-8-4-2-6-13(16)17/h1-10,17H,(H,25,26,27). The Balaban J connectivity index is 1.70. The first kappa shape index (κ1) is 18.3. The highest BCUT2D eigenvalue weighted by Gasteiger charge is 2.34. The van der Waals surface area contributed by atoms with E-state index in [1.165, 1.54) is 0 Å². The molecule has 0 unspecified atom stereocenters. The van der Waals surface area contributed by atoms with Gasteiger partial charge in [0.1, 0.15) is 11.5 Å². The van der Waals surface area contributed by atoms with E-state index in [-0.39, 0.29) is 10.8 Å². The number of halogens is 4. The van der Waals surface area contributed by atoms with E-state index in [1.54, 1.807) is 48.5 Å². The number of fused-ring (bicyclic) bond motifs is 2. The SMILES string of the molecule is O=C(Nc1ncc(C(F)(F)F)cc1Cl)C1c2ccccc2Oc2ccccc21. The molecule has 0 fully saturated rings. The second-order valence-electron chi connectivity index (χ2n) is 6.15. The fraction of sp³-hybridized carbons (Fsp3) is 0.100. The summed E-state index contributed by atoms with van der Waals surface area (Å²) in [5.41, 5.74) is 0.292. The number of alkyl halides is 3. The number of ether oxygens (including phenoxy) is 1. The predicted molar refractivity (Wildman–Crippen MR) is 97.7 cm³/mol. The highest BCUT2D eigenvalue weighted by atomic mass is 35.5. The van der Waals surface area contributed by atoms with Crippen LogP contribution in [0.3, 0.4) is 0 Å². The molecule has 28 heavy (non-hydrogen) atoms. The molecule has 4 rings (SSSR count). The van der Waals surface area contributed by atoms with Gasteiger partial charge in [-0.1, -0.05) is 48.0 Å². The number of para-hydroxylation sites is 2. The number of benzene rings is 2. The van der Waals surface area contributed by atoms with Gasteiger partial charge in [-0.2, -0.15) is 13.2 Å². The van der Waals surface area contributed by atoms with Crippen molar-refractivity contribution in [2.45, 2.75) is 12.1 Å². The number of pyridine rings is 1. The summed E-state index contributed by atoms with van der Waals surface area (Å²) < 4.78 is 44.2. The van der Waals surface area contributed by atoms with Crippen LogP contribution < -0.4 is 10.1 Å². The molecule has 0 saturated heterocycles. The minimum atomic E-state index is -4.57. The van der Waals surface area contributed by atoms with Crippen LogP contribution in [-0.4, -0.2) is 10.9 Å². The molecule has 1 aliphatic rings. The third-order valence-corrected chi connectivity index (χ3v) is 4.64. The highest BCUT2D eigenvalue weighted by Crippen LogP contribution is 2.44. The molecule has 0 spiro atoms. The minimum absolute atomic E-state index is 0.138. The van der Waals surface area contributed by atoms with Gasteiger partial charge in [0.2, 0.25) is 5.91 Å². The zero-order valence-corrected chi connectivity index (χ0v) is 14.9. The van der Waals surface area contributed by atoms with Crippen LogP contribution in [0.2, 0.25) is 5.02 Å². The van der Waals surface area contributed by atoms with Crippen molar-refractivity contribution in [2.75, 3.05) is 5.32 Å². The van der Waals surface area contributed by atoms with Crippen molar-refractivity contribution in [1.29, 1.82) is 0 Å². The number of anilines is 1. The molecular weight excluding hydrogens is 393 g/mol. The lowest BCUT2D eigenvalue weighted by Gasteiger charge is -2.27. The van der Waals surface area contributed by atoms with Crippen LogP contribution in [0.4, 0.5) is 19.0 Å². The van der Waals surface area contributed by atoms with Gasteiger partial charge >= 0.3 is 6.18 Å². The average Bonchev–Trinajstić information content (AvgIpc) is 2.66. The molecule has 2 heterocycles. The van der Waals surface area contributed by atoms with Crippen LogP contribution in [0.1, 0.15) is 22.6 Å². The lowest BCUT2D eigenvalue weighted by molar-refractivity contribution is -0.137. The van der Waals surface area contributed by atoms with Gasteiger partial charge in [0.15, 0.2) is 5.82 Å². The van der Waals surface area contributed by atoms with Crippen molar-refractivity contribution in [3.05, 3.63) is 82.5 Å². The van der Waals surface area contributed by atoms with Gasteiger partial charge in [-0.3, -0.25) is 4.79 Å². The molecule has 142 valence electrons. The summed E-state index contributed by atoms with van der Waals surface area (Å²) in [4.78, 5) is 16.7. The largest absolute Gasteiger partial charge is 0.457 e. The first-order chi connectivity index (χ1) is 13.3. The van der Waals surface area contributed by atoms with E-state index in [0.29, 0.717) is 28.8 Å². The topological polar surface area (TPSA) is 51.2 Å². The second kappa shape index (κ2) is 6.83. The maximum atomic E-state index is 13.0. The molecule has 1 aromatic heterocycles. The Kier molecular flexibility index (Phi) is 4.47. The average molecular weight is 405 g/mol. The molecule has 0 saturated carbocycles. The summed E-state index contributed by atoms with van der Waals surface area (Å²) in [7, 11) is 0. The molecule has 0 atom stereocenters. The smallest absolute Gasteiger partial charge is 0.417 e. The summed E-state index contributed by atoms with van der Waals surface area (Å²) in [5, 5.41) is 2.24. The van der Waals surface area contributed by atoms with Gasteiger partial charge in [-0.05, 0) is 18.2 Å². The van der Waals surface area contributed by atoms with E-state index >= 15 is 0 Å². The lowest BCUT2D eigenvalue weighted by atomic mass is 9.87. The molecule has 0 bridgehead atoms. The van der Waals surface area contributed by atoms with Crippen LogP contribution in [0.25, 0.3) is 0 Å². The Morgan fingerprint density at radius 3 is 2.14 bits per heavy atom. The van der Waals surface area contributed by atoms with Gasteiger partial charge in [0, 0.05) is 17.3 Å². The lowest BCUT2D eigenvalue weighted by Crippen LogP contribution is -2.25. The number of carbonyl (C=O) groups excluding carboxylic acids is 1. The summed E-state index contributed by atoms with van der Waals surface area (Å²) >= 11 is 5.92. The second-order valence-corrected chi connectivity index (χ2v) is 6.56. The first-order valence-electron chi connectivity index (χ1n) is 8.24. The maximum absolute atomic E-state index is 13.0. The maximum Gasteiger partial charge on any atom is 0.417 e. The third-order valence-electron chi connectivity index (χ3n) is 4.35. The zero-order chi connectivity index (χ0) is 19.9. The van der Waals surface area contributed by atoms with Crippen LogP contribution in [0, 0.1) is 0 Å². The molecule has 3 aromatic rings. The van der Waals surface area contributed by atoms with E-state index in [0.717, 1.165) is 6.07 Å². The van der Waals surface area contributed by atoms with Gasteiger partial charge in [-0.25, -0.2) is 4.98 Å². The van der Waals surface area contributed by atoms with Crippen molar-refractivity contribution < 1.29 is 22.7 Å². The van der Waals surface area contributed by atoms with Crippen LogP contribution in [0.15, 0.2) is 60.8 Å². The number of nitrogens with zero attached hydrogens (tertiary/aromatic N) is 1. The minimum Gasteiger partial charge on any atom is -0.457 e. The monoisotopic (exact) mass is 404 g/mol. The van der Waals surface area contributed by atoms with Crippen molar-refractivity contribution in [3.63, 3.8) is 0 Å². The van der Waals surface area contributed by atoms with Crippen LogP contribution in [-0.2, 0) is 11.0 Å². The first-order valence-corrected chi connectivity index (χ1v) is 8.61. The van der Waals surface area contributed by atoms with Gasteiger partial charge in [0.05, 0.1) is 16.5 Å². The Labute approximate surface area is 162 Å². The van der Waals surface area contributed by atoms with Crippen LogP contribution >= 0.6 is 11.6 Å². The van der Waals surface area contributed by atoms with Crippen molar-refractivity contribution >= 4 is 23.3 Å². The van der Waals surface area contributed by atoms with E-state index in [4.69, 9.17) is 16.3 Å². The molecule has 0 aliphatic carbocycles. The zero-order valence-electron chi connectivity index (χ0n) is 14.1. The van der Waals surface area contributed by atoms with Crippen LogP contribution in [0.5, 0.6) is 11.5 Å². The van der Waals surface area contributed by atoms with E-state index < -0.39 is 23.6 Å². The molecular formula is C20H12ClF3N2O2. The molecule has 1 amide bonds. The van der Waals surface area contributed by atoms with E-state index in [2.05, 4.69) is 10.3 Å². The Hall–Kier alpha value is -3.06. The molecule has 2 aromatic carbocycles. The Bertz CT molecular complexity index is 1020. The molecule has 4 nitrogen and oxygen atoms in total. The van der Waals surface area contributed by atoms with Crippen molar-refractivity contribution in [2.24, 2.45) is 0 Å². The summed E-state index contributed by atoms with van der Waals surface area (Å²) in [5.74, 6) is -0.263. The van der Waals surface area contributed by atoms with Crippen molar-refractivity contribution in [1.82, 2.24) is 4.98 Å². The highest BCUT2D eigenvalue weighted by molar-refractivity contribution is 6.33. The fourth-order valence-electron chi connectivity index (χ4n) is 3.07. The quantitative estimate of drug-likeness (QED) is 0.602. The fourth-order valence-corrected chi connectivity index (χ4v) is 3.28. The summed E-state index contributed by atoms with van der Waals surface area (Å²) in [6.07, 6.45) is -3.94. The third kappa shape index (κ3) is 3.29. The number of aromatic nitrogens is 1. The Morgan fingerprint density at radius 1 is 1.04 bits per heavy atom. The Morgan fingerprint density at radius 2 is 1.61 bits per heavy atom. The molecule has 8 heteroatoms. The normalized spacial score (nSPS) is 13.3. The van der Waals surface area contributed by atoms with Gasteiger partial charge in [0.25, 0.3) is 0 Å². The molecule has 0 radical (unpaired) electrons. The number of nitrogens with one attached hydrogen (secondary N) is 1. The number of carbonyl (C=O) groups is 1. The summed E-state index contributed by atoms with van der Waals surface area (Å²) in [6.45, 7) is 0. The number of hydrogen-bond donors (Lipinski definition) is 1. The molecule has 1 N–H and O–H groups in total. The van der Waals surface area contributed by atoms with Crippen molar-refractivity contribution in [3.8, 4) is 11.5 Å². The predicted octanol–water partition coefficient (Wildman–Crippen LogP) is 5.63. The number of rotatable bonds is 2. The number of hydrogen-bond acceptors (Lipinski definition) is 3. The summed E-state index contributed by atoms with van der Waals surface area (Å²) in [6, 6.07) is 14.9. The van der Waals surface area contributed by atoms with E-state index in [1.807, 2.05) is 0 Å². The molecule has 1 aliphatic heterocycles. The van der Waals surface area contributed by atoms with E-state index in [9.17, 15) is 18.0 Å². The van der Waals surface area contributed by atoms with Gasteiger partial charge < -0.3 is 10.1 Å². The van der Waals surface area contributed by atoms with Gasteiger partial charge in [-0.15, -0.1) is 0 Å².